The second kappa shape index (κ2) is 7.35. The van der Waals surface area contributed by atoms with Gasteiger partial charge in [-0.3, -0.25) is 4.79 Å². The molecule has 2 heterocycles. The maximum absolute atomic E-state index is 12.8. The summed E-state index contributed by atoms with van der Waals surface area (Å²) < 4.78 is 0. The van der Waals surface area contributed by atoms with Crippen molar-refractivity contribution < 1.29 is 4.79 Å². The van der Waals surface area contributed by atoms with Gasteiger partial charge in [0.2, 0.25) is 0 Å². The summed E-state index contributed by atoms with van der Waals surface area (Å²) in [6.07, 6.45) is 1.79. The van der Waals surface area contributed by atoms with Crippen molar-refractivity contribution in [2.24, 2.45) is 5.92 Å². The molecule has 0 bridgehead atoms. The van der Waals surface area contributed by atoms with Crippen molar-refractivity contribution in [1.82, 2.24) is 20.3 Å². The lowest BCUT2D eigenvalue weighted by Gasteiger charge is -2.22. The van der Waals surface area contributed by atoms with Crippen LogP contribution in [0.4, 0.5) is 0 Å². The van der Waals surface area contributed by atoms with Gasteiger partial charge >= 0.3 is 0 Å². The number of hydrogen-bond donors (Lipinski definition) is 2. The maximum atomic E-state index is 12.8. The fourth-order valence-corrected chi connectivity index (χ4v) is 3.76. The van der Waals surface area contributed by atoms with Crippen molar-refractivity contribution in [2.45, 2.75) is 46.6 Å². The summed E-state index contributed by atoms with van der Waals surface area (Å²) in [5.74, 6) is 1.01. The zero-order valence-corrected chi connectivity index (χ0v) is 15.9. The number of fused-ring (bicyclic) bond motifs is 1. The van der Waals surface area contributed by atoms with Crippen LogP contribution in [0.5, 0.6) is 0 Å². The zero-order chi connectivity index (χ0) is 18.0. The van der Waals surface area contributed by atoms with E-state index in [1.807, 2.05) is 31.2 Å². The topological polar surface area (TPSA) is 70.7 Å². The van der Waals surface area contributed by atoms with Crippen LogP contribution in [0, 0.1) is 12.8 Å². The SMILES string of the molecule is CCc1nc(C)c(C(=O)NC(c2nc3ccccc3[nH]2)C(C)CC)s1. The first-order chi connectivity index (χ1) is 12.0. The molecule has 1 aromatic carbocycles. The van der Waals surface area contributed by atoms with Crippen molar-refractivity contribution >= 4 is 28.3 Å². The number of nitrogens with zero attached hydrogens (tertiary/aromatic N) is 2. The Kier molecular flexibility index (Phi) is 5.18. The number of imidazole rings is 1. The Hall–Kier alpha value is -2.21. The number of thiazole rings is 1. The minimum atomic E-state index is -0.156. The highest BCUT2D eigenvalue weighted by atomic mass is 32.1. The number of aromatic amines is 1. The van der Waals surface area contributed by atoms with Crippen LogP contribution < -0.4 is 5.32 Å². The van der Waals surface area contributed by atoms with Gasteiger partial charge in [-0.25, -0.2) is 9.97 Å². The monoisotopic (exact) mass is 356 g/mol. The number of benzene rings is 1. The molecule has 0 aliphatic carbocycles. The number of para-hydroxylation sites is 2. The number of aromatic nitrogens is 3. The summed E-state index contributed by atoms with van der Waals surface area (Å²) in [7, 11) is 0. The summed E-state index contributed by atoms with van der Waals surface area (Å²) in [6, 6.07) is 7.77. The van der Waals surface area contributed by atoms with E-state index >= 15 is 0 Å². The van der Waals surface area contributed by atoms with Gasteiger partial charge in [-0.15, -0.1) is 11.3 Å². The first-order valence-corrected chi connectivity index (χ1v) is 9.56. The lowest BCUT2D eigenvalue weighted by Crippen LogP contribution is -2.33. The van der Waals surface area contributed by atoms with Gasteiger partial charge in [0.05, 0.1) is 27.8 Å². The molecule has 0 spiro atoms. The number of rotatable bonds is 6. The van der Waals surface area contributed by atoms with Crippen LogP contribution in [0.3, 0.4) is 0 Å². The van der Waals surface area contributed by atoms with E-state index in [0.717, 1.165) is 40.4 Å². The van der Waals surface area contributed by atoms with Gasteiger partial charge in [-0.2, -0.15) is 0 Å². The second-order valence-electron chi connectivity index (χ2n) is 6.35. The molecule has 2 aromatic heterocycles. The number of carbonyl (C=O) groups is 1. The van der Waals surface area contributed by atoms with E-state index in [1.54, 1.807) is 0 Å². The zero-order valence-electron chi connectivity index (χ0n) is 15.1. The Balaban J connectivity index is 1.90. The van der Waals surface area contributed by atoms with Crippen molar-refractivity contribution in [1.29, 1.82) is 0 Å². The van der Waals surface area contributed by atoms with Crippen molar-refractivity contribution in [3.63, 3.8) is 0 Å². The van der Waals surface area contributed by atoms with Gasteiger partial charge in [0, 0.05) is 0 Å². The van der Waals surface area contributed by atoms with E-state index in [0.29, 0.717) is 4.88 Å². The molecule has 5 nitrogen and oxygen atoms in total. The molecule has 2 unspecified atom stereocenters. The molecule has 0 aliphatic heterocycles. The highest BCUT2D eigenvalue weighted by molar-refractivity contribution is 7.13. The minimum absolute atomic E-state index is 0.0690. The Labute approximate surface area is 151 Å². The maximum Gasteiger partial charge on any atom is 0.263 e. The molecule has 0 radical (unpaired) electrons. The van der Waals surface area contributed by atoms with Gasteiger partial charge in [0.1, 0.15) is 10.7 Å². The van der Waals surface area contributed by atoms with E-state index in [1.165, 1.54) is 11.3 Å². The van der Waals surface area contributed by atoms with E-state index in [2.05, 4.69) is 36.1 Å². The molecule has 2 N–H and O–H groups in total. The van der Waals surface area contributed by atoms with Crippen LogP contribution >= 0.6 is 11.3 Å². The molecule has 6 heteroatoms. The lowest BCUT2D eigenvalue weighted by atomic mass is 9.98. The molecule has 25 heavy (non-hydrogen) atoms. The number of amides is 1. The number of H-pyrrole nitrogens is 1. The first kappa shape index (κ1) is 17.6. The van der Waals surface area contributed by atoms with Crippen LogP contribution in [0.25, 0.3) is 11.0 Å². The van der Waals surface area contributed by atoms with Crippen LogP contribution in [0.1, 0.15) is 59.4 Å². The van der Waals surface area contributed by atoms with Crippen LogP contribution in [-0.4, -0.2) is 20.9 Å². The van der Waals surface area contributed by atoms with Gasteiger partial charge < -0.3 is 10.3 Å². The molecule has 2 atom stereocenters. The van der Waals surface area contributed by atoms with Crippen LogP contribution in [0.15, 0.2) is 24.3 Å². The highest BCUT2D eigenvalue weighted by Gasteiger charge is 2.25. The minimum Gasteiger partial charge on any atom is -0.341 e. The standard InChI is InChI=1S/C19H24N4OS/c1-5-11(3)16(18-21-13-9-7-8-10-14(13)22-18)23-19(24)17-12(4)20-15(6-2)25-17/h7-11,16H,5-6H2,1-4H3,(H,21,22)(H,23,24). The third-order valence-corrected chi connectivity index (χ3v) is 5.85. The fourth-order valence-electron chi connectivity index (χ4n) is 2.86. The van der Waals surface area contributed by atoms with E-state index < -0.39 is 0 Å². The third-order valence-electron chi connectivity index (χ3n) is 4.55. The van der Waals surface area contributed by atoms with Gasteiger partial charge in [0.15, 0.2) is 0 Å². The molecule has 0 aliphatic rings. The molecular formula is C19H24N4OS. The Morgan fingerprint density at radius 1 is 1.28 bits per heavy atom. The quantitative estimate of drug-likeness (QED) is 0.687. The summed E-state index contributed by atoms with van der Waals surface area (Å²) in [5.41, 5.74) is 2.71. The number of nitrogens with one attached hydrogen (secondary N) is 2. The third kappa shape index (κ3) is 3.58. The molecule has 0 saturated carbocycles. The van der Waals surface area contributed by atoms with Crippen molar-refractivity contribution in [2.75, 3.05) is 0 Å². The summed E-state index contributed by atoms with van der Waals surface area (Å²) >= 11 is 1.48. The number of hydrogen-bond acceptors (Lipinski definition) is 4. The molecule has 3 aromatic rings. The van der Waals surface area contributed by atoms with E-state index in [4.69, 9.17) is 4.98 Å². The highest BCUT2D eigenvalue weighted by Crippen LogP contribution is 2.26. The van der Waals surface area contributed by atoms with Crippen LogP contribution in [0.2, 0.25) is 0 Å². The predicted molar refractivity (Wildman–Crippen MR) is 102 cm³/mol. The summed E-state index contributed by atoms with van der Waals surface area (Å²) in [6.45, 7) is 8.20. The molecule has 0 saturated heterocycles. The number of carbonyl (C=O) groups excluding carboxylic acids is 1. The summed E-state index contributed by atoms with van der Waals surface area (Å²) in [4.78, 5) is 26.0. The molecular weight excluding hydrogens is 332 g/mol. The fraction of sp³-hybridized carbons (Fsp3) is 0.421. The van der Waals surface area contributed by atoms with Gasteiger partial charge in [-0.1, -0.05) is 39.3 Å². The lowest BCUT2D eigenvalue weighted by molar-refractivity contribution is 0.0924. The van der Waals surface area contributed by atoms with E-state index in [-0.39, 0.29) is 17.9 Å². The average Bonchev–Trinajstić information content (AvgIpc) is 3.21. The Morgan fingerprint density at radius 2 is 2.04 bits per heavy atom. The van der Waals surface area contributed by atoms with Gasteiger partial charge in [-0.05, 0) is 31.4 Å². The van der Waals surface area contributed by atoms with E-state index in [9.17, 15) is 4.79 Å². The van der Waals surface area contributed by atoms with Crippen LogP contribution in [-0.2, 0) is 6.42 Å². The second-order valence-corrected chi connectivity index (χ2v) is 7.44. The first-order valence-electron chi connectivity index (χ1n) is 8.75. The number of aryl methyl sites for hydroxylation is 2. The smallest absolute Gasteiger partial charge is 0.263 e. The van der Waals surface area contributed by atoms with Crippen molar-refractivity contribution in [3.8, 4) is 0 Å². The normalized spacial score (nSPS) is 13.8. The van der Waals surface area contributed by atoms with Crippen molar-refractivity contribution in [3.05, 3.63) is 45.7 Å². The Morgan fingerprint density at radius 3 is 2.68 bits per heavy atom. The molecule has 0 fully saturated rings. The Bertz CT molecular complexity index is 850. The molecule has 132 valence electrons. The average molecular weight is 356 g/mol. The molecule has 1 amide bonds. The predicted octanol–water partition coefficient (Wildman–Crippen LogP) is 4.41. The van der Waals surface area contributed by atoms with Gasteiger partial charge in [0.25, 0.3) is 5.91 Å². The molecule has 3 rings (SSSR count). The largest absolute Gasteiger partial charge is 0.341 e. The summed E-state index contributed by atoms with van der Waals surface area (Å²) in [5, 5.41) is 4.17.